The van der Waals surface area contributed by atoms with Crippen LogP contribution in [0.5, 0.6) is 11.6 Å². The second-order valence-corrected chi connectivity index (χ2v) is 4.47. The number of hydrogen-bond acceptors (Lipinski definition) is 4. The molecule has 106 valence electrons. The zero-order chi connectivity index (χ0) is 14.4. The molecule has 0 saturated heterocycles. The summed E-state index contributed by atoms with van der Waals surface area (Å²) in [6, 6.07) is 11.3. The third-order valence-corrected chi connectivity index (χ3v) is 3.04. The summed E-state index contributed by atoms with van der Waals surface area (Å²) < 4.78 is 11.0. The van der Waals surface area contributed by atoms with Crippen molar-refractivity contribution in [2.75, 3.05) is 13.7 Å². The minimum Gasteiger partial charge on any atom is -0.493 e. The molecule has 0 bridgehead atoms. The first-order chi connectivity index (χ1) is 9.77. The number of hydrogen-bond donors (Lipinski definition) is 1. The van der Waals surface area contributed by atoms with Crippen LogP contribution in [-0.4, -0.2) is 18.7 Å². The van der Waals surface area contributed by atoms with Gasteiger partial charge in [-0.1, -0.05) is 31.2 Å². The van der Waals surface area contributed by atoms with Crippen molar-refractivity contribution in [3.8, 4) is 11.6 Å². The number of nitrogens with two attached hydrogens (primary N) is 1. The first-order valence-corrected chi connectivity index (χ1v) is 6.74. The number of ether oxygens (including phenoxy) is 2. The number of benzene rings is 1. The van der Waals surface area contributed by atoms with Gasteiger partial charge >= 0.3 is 0 Å². The molecule has 1 aromatic heterocycles. The lowest BCUT2D eigenvalue weighted by atomic mass is 9.99. The normalized spacial score (nSPS) is 11.9. The van der Waals surface area contributed by atoms with Crippen molar-refractivity contribution < 1.29 is 9.47 Å². The van der Waals surface area contributed by atoms with Gasteiger partial charge in [-0.25, -0.2) is 4.98 Å². The standard InChI is InChI=1S/C16H20N2O2/c1-3-11-20-14-9-5-4-7-12(14)15(17)13-8-6-10-18-16(13)19-2/h4-10,15H,3,11,17H2,1-2H3. The Balaban J connectivity index is 2.35. The van der Waals surface area contributed by atoms with Gasteiger partial charge in [0.25, 0.3) is 0 Å². The molecule has 2 N–H and O–H groups in total. The summed E-state index contributed by atoms with van der Waals surface area (Å²) in [4.78, 5) is 4.19. The third kappa shape index (κ3) is 3.08. The highest BCUT2D eigenvalue weighted by Crippen LogP contribution is 2.31. The lowest BCUT2D eigenvalue weighted by Crippen LogP contribution is -2.15. The predicted molar refractivity (Wildman–Crippen MR) is 79.0 cm³/mol. The maximum Gasteiger partial charge on any atom is 0.218 e. The molecule has 0 spiro atoms. The molecule has 0 fully saturated rings. The van der Waals surface area contributed by atoms with Gasteiger partial charge in [0, 0.05) is 17.3 Å². The number of methoxy groups -OCH3 is 1. The van der Waals surface area contributed by atoms with Crippen LogP contribution in [0.3, 0.4) is 0 Å². The molecule has 2 rings (SSSR count). The Labute approximate surface area is 119 Å². The highest BCUT2D eigenvalue weighted by Gasteiger charge is 2.18. The highest BCUT2D eigenvalue weighted by molar-refractivity contribution is 5.43. The van der Waals surface area contributed by atoms with E-state index in [9.17, 15) is 0 Å². The topological polar surface area (TPSA) is 57.4 Å². The fraction of sp³-hybridized carbons (Fsp3) is 0.312. The van der Waals surface area contributed by atoms with E-state index < -0.39 is 0 Å². The van der Waals surface area contributed by atoms with Gasteiger partial charge in [0.2, 0.25) is 5.88 Å². The third-order valence-electron chi connectivity index (χ3n) is 3.04. The molecule has 0 saturated carbocycles. The van der Waals surface area contributed by atoms with E-state index in [4.69, 9.17) is 15.2 Å². The second-order valence-electron chi connectivity index (χ2n) is 4.47. The first-order valence-electron chi connectivity index (χ1n) is 6.74. The van der Waals surface area contributed by atoms with Crippen molar-refractivity contribution in [3.05, 3.63) is 53.7 Å². The van der Waals surface area contributed by atoms with Gasteiger partial charge in [0.15, 0.2) is 0 Å². The Morgan fingerprint density at radius 3 is 2.65 bits per heavy atom. The van der Waals surface area contributed by atoms with Crippen LogP contribution in [0.1, 0.15) is 30.5 Å². The summed E-state index contributed by atoms with van der Waals surface area (Å²) in [7, 11) is 1.60. The van der Waals surface area contributed by atoms with Crippen LogP contribution in [0.25, 0.3) is 0 Å². The summed E-state index contributed by atoms with van der Waals surface area (Å²) in [5, 5.41) is 0. The SMILES string of the molecule is CCCOc1ccccc1C(N)c1cccnc1OC. The van der Waals surface area contributed by atoms with E-state index in [2.05, 4.69) is 11.9 Å². The molecule has 1 unspecified atom stereocenters. The molecule has 0 aliphatic carbocycles. The Morgan fingerprint density at radius 2 is 1.90 bits per heavy atom. The van der Waals surface area contributed by atoms with Crippen molar-refractivity contribution >= 4 is 0 Å². The zero-order valence-electron chi connectivity index (χ0n) is 11.9. The van der Waals surface area contributed by atoms with Gasteiger partial charge in [0.05, 0.1) is 19.8 Å². The Morgan fingerprint density at radius 1 is 1.15 bits per heavy atom. The summed E-state index contributed by atoms with van der Waals surface area (Å²) >= 11 is 0. The van der Waals surface area contributed by atoms with E-state index in [1.165, 1.54) is 0 Å². The number of aromatic nitrogens is 1. The maximum atomic E-state index is 6.37. The molecule has 20 heavy (non-hydrogen) atoms. The van der Waals surface area contributed by atoms with Gasteiger partial charge in [-0.2, -0.15) is 0 Å². The van der Waals surface area contributed by atoms with Crippen molar-refractivity contribution in [2.24, 2.45) is 5.73 Å². The molecular weight excluding hydrogens is 252 g/mol. The monoisotopic (exact) mass is 272 g/mol. The van der Waals surface area contributed by atoms with Crippen molar-refractivity contribution in [3.63, 3.8) is 0 Å². The number of pyridine rings is 1. The van der Waals surface area contributed by atoms with Crippen LogP contribution in [0.4, 0.5) is 0 Å². The molecular formula is C16H20N2O2. The van der Waals surface area contributed by atoms with E-state index in [1.807, 2.05) is 36.4 Å². The average Bonchev–Trinajstić information content (AvgIpc) is 2.52. The minimum absolute atomic E-state index is 0.327. The van der Waals surface area contributed by atoms with Crippen molar-refractivity contribution in [1.29, 1.82) is 0 Å². The molecule has 0 aliphatic heterocycles. The molecule has 4 nitrogen and oxygen atoms in total. The summed E-state index contributed by atoms with van der Waals surface area (Å²) in [5.41, 5.74) is 8.15. The fourth-order valence-corrected chi connectivity index (χ4v) is 2.06. The van der Waals surface area contributed by atoms with Gasteiger partial charge in [0.1, 0.15) is 5.75 Å². The van der Waals surface area contributed by atoms with E-state index in [-0.39, 0.29) is 6.04 Å². The van der Waals surface area contributed by atoms with E-state index in [0.717, 1.165) is 23.3 Å². The predicted octanol–water partition coefficient (Wildman–Crippen LogP) is 2.93. The smallest absolute Gasteiger partial charge is 0.218 e. The zero-order valence-corrected chi connectivity index (χ0v) is 11.9. The largest absolute Gasteiger partial charge is 0.493 e. The lowest BCUT2D eigenvalue weighted by molar-refractivity contribution is 0.313. The minimum atomic E-state index is -0.327. The molecule has 0 radical (unpaired) electrons. The molecule has 1 aromatic carbocycles. The maximum absolute atomic E-state index is 6.37. The van der Waals surface area contributed by atoms with Crippen LogP contribution >= 0.6 is 0 Å². The second kappa shape index (κ2) is 6.91. The summed E-state index contributed by atoms with van der Waals surface area (Å²) in [6.45, 7) is 2.75. The highest BCUT2D eigenvalue weighted by atomic mass is 16.5. The molecule has 0 aliphatic rings. The van der Waals surface area contributed by atoms with Gasteiger partial charge < -0.3 is 15.2 Å². The Bertz CT molecular complexity index is 558. The van der Waals surface area contributed by atoms with Gasteiger partial charge in [-0.3, -0.25) is 0 Å². The van der Waals surface area contributed by atoms with Gasteiger partial charge in [-0.05, 0) is 18.6 Å². The average molecular weight is 272 g/mol. The molecule has 1 atom stereocenters. The van der Waals surface area contributed by atoms with Crippen LogP contribution in [0.2, 0.25) is 0 Å². The van der Waals surface area contributed by atoms with Crippen molar-refractivity contribution in [1.82, 2.24) is 4.98 Å². The molecule has 0 amide bonds. The first kappa shape index (κ1) is 14.3. The van der Waals surface area contributed by atoms with Crippen molar-refractivity contribution in [2.45, 2.75) is 19.4 Å². The lowest BCUT2D eigenvalue weighted by Gasteiger charge is -2.18. The number of rotatable bonds is 6. The number of para-hydroxylation sites is 1. The summed E-state index contributed by atoms with van der Waals surface area (Å²) in [5.74, 6) is 1.36. The van der Waals surface area contributed by atoms with Crippen LogP contribution in [0, 0.1) is 0 Å². The van der Waals surface area contributed by atoms with E-state index in [1.54, 1.807) is 13.3 Å². The molecule has 4 heteroatoms. The quantitative estimate of drug-likeness (QED) is 0.878. The van der Waals surface area contributed by atoms with Crippen LogP contribution < -0.4 is 15.2 Å². The summed E-state index contributed by atoms with van der Waals surface area (Å²) in [6.07, 6.45) is 2.65. The fourth-order valence-electron chi connectivity index (χ4n) is 2.06. The molecule has 1 heterocycles. The van der Waals surface area contributed by atoms with E-state index in [0.29, 0.717) is 12.5 Å². The Hall–Kier alpha value is -2.07. The van der Waals surface area contributed by atoms with Gasteiger partial charge in [-0.15, -0.1) is 0 Å². The molecule has 2 aromatic rings. The van der Waals surface area contributed by atoms with Crippen LogP contribution in [-0.2, 0) is 0 Å². The number of nitrogens with zero attached hydrogens (tertiary/aromatic N) is 1. The van der Waals surface area contributed by atoms with E-state index >= 15 is 0 Å². The van der Waals surface area contributed by atoms with Crippen LogP contribution in [0.15, 0.2) is 42.6 Å². The Kier molecular flexibility index (Phi) is 4.96.